The third kappa shape index (κ3) is 5.16. The van der Waals surface area contributed by atoms with Crippen molar-refractivity contribution in [1.82, 2.24) is 4.31 Å². The fourth-order valence-corrected chi connectivity index (χ4v) is 7.11. The van der Waals surface area contributed by atoms with Crippen LogP contribution in [0.1, 0.15) is 39.5 Å². The highest BCUT2D eigenvalue weighted by atomic mass is 32.2. The van der Waals surface area contributed by atoms with Crippen LogP contribution in [0, 0.1) is 0 Å². The molecule has 34 heavy (non-hydrogen) atoms. The Morgan fingerprint density at radius 3 is 2.47 bits per heavy atom. The minimum atomic E-state index is -3.66. The van der Waals surface area contributed by atoms with Gasteiger partial charge in [0.2, 0.25) is 21.8 Å². The zero-order chi connectivity index (χ0) is 24.3. The van der Waals surface area contributed by atoms with Gasteiger partial charge in [0.25, 0.3) is 0 Å². The fraction of sp³-hybridized carbons (Fsp3) is 0.440. The molecule has 4 rings (SSSR count). The molecule has 1 fully saturated rings. The number of hydrogen-bond acceptors (Lipinski definition) is 5. The molecule has 9 heteroatoms. The lowest BCUT2D eigenvalue weighted by molar-refractivity contribution is -0.122. The van der Waals surface area contributed by atoms with Crippen LogP contribution in [-0.4, -0.2) is 56.0 Å². The van der Waals surface area contributed by atoms with Crippen LogP contribution >= 0.6 is 11.8 Å². The second kappa shape index (κ2) is 10.5. The zero-order valence-electron chi connectivity index (χ0n) is 19.6. The van der Waals surface area contributed by atoms with Gasteiger partial charge in [-0.15, -0.1) is 11.8 Å². The van der Waals surface area contributed by atoms with Gasteiger partial charge in [0, 0.05) is 41.9 Å². The third-order valence-corrected chi connectivity index (χ3v) is 9.31. The van der Waals surface area contributed by atoms with E-state index in [2.05, 4.69) is 0 Å². The summed E-state index contributed by atoms with van der Waals surface area (Å²) >= 11 is 1.54. The molecule has 0 aliphatic carbocycles. The Hall–Kier alpha value is -2.36. The number of rotatable bonds is 6. The molecule has 2 aliphatic rings. The van der Waals surface area contributed by atoms with E-state index in [-0.39, 0.29) is 34.9 Å². The van der Waals surface area contributed by atoms with Crippen LogP contribution in [0.2, 0.25) is 0 Å². The first-order chi connectivity index (χ1) is 16.3. The molecule has 0 unspecified atom stereocenters. The van der Waals surface area contributed by atoms with Crippen molar-refractivity contribution >= 4 is 45.0 Å². The van der Waals surface area contributed by atoms with Gasteiger partial charge in [0.15, 0.2) is 0 Å². The Morgan fingerprint density at radius 1 is 1.09 bits per heavy atom. The lowest BCUT2D eigenvalue weighted by Crippen LogP contribution is -2.43. The summed E-state index contributed by atoms with van der Waals surface area (Å²) in [6, 6.07) is 14.3. The number of carbonyl (C=O) groups excluding carboxylic acids is 2. The molecule has 7 nitrogen and oxygen atoms in total. The first-order valence-electron chi connectivity index (χ1n) is 11.8. The molecule has 0 bridgehead atoms. The van der Waals surface area contributed by atoms with Crippen molar-refractivity contribution in [3.05, 3.63) is 48.5 Å². The number of amides is 2. The van der Waals surface area contributed by atoms with Crippen molar-refractivity contribution in [2.24, 2.45) is 0 Å². The van der Waals surface area contributed by atoms with Gasteiger partial charge in [-0.1, -0.05) is 31.5 Å². The van der Waals surface area contributed by atoms with Crippen molar-refractivity contribution in [1.29, 1.82) is 0 Å². The van der Waals surface area contributed by atoms with E-state index in [1.807, 2.05) is 44.2 Å². The summed E-state index contributed by atoms with van der Waals surface area (Å²) in [5, 5.41) is 0.0207. The van der Waals surface area contributed by atoms with Gasteiger partial charge in [-0.2, -0.15) is 4.31 Å². The first-order valence-corrected chi connectivity index (χ1v) is 14.1. The highest BCUT2D eigenvalue weighted by molar-refractivity contribution is 8.00. The second-order valence-electron chi connectivity index (χ2n) is 8.68. The minimum absolute atomic E-state index is 0.0207. The predicted molar refractivity (Wildman–Crippen MR) is 136 cm³/mol. The Labute approximate surface area is 206 Å². The van der Waals surface area contributed by atoms with Crippen LogP contribution in [0.3, 0.4) is 0 Å². The molecule has 0 spiro atoms. The standard InChI is InChI=1S/C25H31N3O4S2/c1-3-27(20-10-6-4-7-11-20)25(30)18-28-22-17-21(34(31,32)26-14-8-5-9-15-26)12-13-23(22)33-19(2)16-24(28)29/h4,6-7,10-13,17,19H,3,5,8-9,14-16,18H2,1-2H3/t19-/m1/s1. The molecule has 2 aromatic rings. The quantitative estimate of drug-likeness (QED) is 0.595. The first kappa shape index (κ1) is 24.8. The van der Waals surface area contributed by atoms with E-state index in [0.717, 1.165) is 29.8 Å². The molecule has 0 saturated carbocycles. The van der Waals surface area contributed by atoms with E-state index in [1.165, 1.54) is 21.0 Å². The average molecular weight is 502 g/mol. The highest BCUT2D eigenvalue weighted by Gasteiger charge is 2.32. The fourth-order valence-electron chi connectivity index (χ4n) is 4.48. The maximum Gasteiger partial charge on any atom is 0.247 e. The number of carbonyl (C=O) groups is 2. The van der Waals surface area contributed by atoms with Crippen molar-refractivity contribution in [3.8, 4) is 0 Å². The third-order valence-electron chi connectivity index (χ3n) is 6.24. The van der Waals surface area contributed by atoms with Crippen LogP contribution in [-0.2, 0) is 19.6 Å². The smallest absolute Gasteiger partial charge is 0.247 e. The normalized spacial score (nSPS) is 19.4. The maximum absolute atomic E-state index is 13.3. The van der Waals surface area contributed by atoms with Crippen LogP contribution in [0.5, 0.6) is 0 Å². The van der Waals surface area contributed by atoms with E-state index >= 15 is 0 Å². The molecule has 182 valence electrons. The molecule has 1 saturated heterocycles. The van der Waals surface area contributed by atoms with E-state index in [9.17, 15) is 18.0 Å². The number of anilines is 2. The van der Waals surface area contributed by atoms with Crippen LogP contribution in [0.4, 0.5) is 11.4 Å². The molecule has 2 amide bonds. The molecular weight excluding hydrogens is 470 g/mol. The Morgan fingerprint density at radius 2 is 1.79 bits per heavy atom. The number of hydrogen-bond donors (Lipinski definition) is 0. The summed E-state index contributed by atoms with van der Waals surface area (Å²) in [5.74, 6) is -0.388. The van der Waals surface area contributed by atoms with E-state index in [0.29, 0.717) is 25.3 Å². The molecule has 2 heterocycles. The average Bonchev–Trinajstić information content (AvgIpc) is 2.95. The van der Waals surface area contributed by atoms with Gasteiger partial charge >= 0.3 is 0 Å². The number of sulfonamides is 1. The molecule has 0 radical (unpaired) electrons. The van der Waals surface area contributed by atoms with E-state index in [1.54, 1.807) is 23.1 Å². The van der Waals surface area contributed by atoms with Crippen molar-refractivity contribution in [2.45, 2.75) is 54.6 Å². The zero-order valence-corrected chi connectivity index (χ0v) is 21.3. The highest BCUT2D eigenvalue weighted by Crippen LogP contribution is 2.40. The minimum Gasteiger partial charge on any atom is -0.311 e. The molecule has 2 aliphatic heterocycles. The summed E-state index contributed by atoms with van der Waals surface area (Å²) < 4.78 is 28.2. The molecule has 0 N–H and O–H groups in total. The summed E-state index contributed by atoms with van der Waals surface area (Å²) in [5.41, 5.74) is 1.26. The van der Waals surface area contributed by atoms with E-state index < -0.39 is 10.0 Å². The lowest BCUT2D eigenvalue weighted by atomic mass is 10.2. The van der Waals surface area contributed by atoms with Gasteiger partial charge in [-0.05, 0) is 50.1 Å². The molecule has 0 aromatic heterocycles. The molecular formula is C25H31N3O4S2. The van der Waals surface area contributed by atoms with Crippen LogP contribution in [0.25, 0.3) is 0 Å². The van der Waals surface area contributed by atoms with Crippen LogP contribution < -0.4 is 9.80 Å². The van der Waals surface area contributed by atoms with Gasteiger partial charge in [-0.3, -0.25) is 9.59 Å². The molecule has 2 aromatic carbocycles. The number of nitrogens with zero attached hydrogens (tertiary/aromatic N) is 3. The van der Waals surface area contributed by atoms with Crippen molar-refractivity contribution in [2.75, 3.05) is 36.0 Å². The second-order valence-corrected chi connectivity index (χ2v) is 12.1. The molecule has 1 atom stereocenters. The topological polar surface area (TPSA) is 78.0 Å². The Bertz CT molecular complexity index is 1150. The largest absolute Gasteiger partial charge is 0.311 e. The summed E-state index contributed by atoms with van der Waals surface area (Å²) in [6.45, 7) is 5.20. The summed E-state index contributed by atoms with van der Waals surface area (Å²) in [4.78, 5) is 30.6. The number of para-hydroxylation sites is 1. The maximum atomic E-state index is 13.3. The number of benzene rings is 2. The number of piperidine rings is 1. The summed E-state index contributed by atoms with van der Waals surface area (Å²) in [7, 11) is -3.66. The number of thioether (sulfide) groups is 1. The van der Waals surface area contributed by atoms with Crippen molar-refractivity contribution < 1.29 is 18.0 Å². The van der Waals surface area contributed by atoms with Crippen molar-refractivity contribution in [3.63, 3.8) is 0 Å². The van der Waals surface area contributed by atoms with Gasteiger partial charge < -0.3 is 9.80 Å². The van der Waals surface area contributed by atoms with E-state index in [4.69, 9.17) is 0 Å². The van der Waals surface area contributed by atoms with Gasteiger partial charge in [0.05, 0.1) is 10.6 Å². The SMILES string of the molecule is CCN(C(=O)CN1C(=O)C[C@@H](C)Sc2ccc(S(=O)(=O)N3CCCCC3)cc21)c1ccccc1. The number of fused-ring (bicyclic) bond motifs is 1. The summed E-state index contributed by atoms with van der Waals surface area (Å²) in [6.07, 6.45) is 3.01. The Kier molecular flexibility index (Phi) is 7.64. The van der Waals surface area contributed by atoms with Gasteiger partial charge in [-0.25, -0.2) is 8.42 Å². The Balaban J connectivity index is 1.69. The van der Waals surface area contributed by atoms with Crippen LogP contribution in [0.15, 0.2) is 58.3 Å². The van der Waals surface area contributed by atoms with Gasteiger partial charge in [0.1, 0.15) is 6.54 Å². The predicted octanol–water partition coefficient (Wildman–Crippen LogP) is 4.13. The number of likely N-dealkylation sites (N-methyl/N-ethyl adjacent to an activating group) is 1. The monoisotopic (exact) mass is 501 g/mol. The lowest BCUT2D eigenvalue weighted by Gasteiger charge is -2.28.